The summed E-state index contributed by atoms with van der Waals surface area (Å²) in [6.07, 6.45) is 14.8. The minimum Gasteiger partial charge on any atom is -0.281 e. The third kappa shape index (κ3) is 7.55. The first-order chi connectivity index (χ1) is 19.6. The molecule has 0 radical (unpaired) electrons. The molecule has 0 bridgehead atoms. The number of anilines is 3. The number of rotatable bonds is 8. The van der Waals surface area contributed by atoms with Gasteiger partial charge in [0.15, 0.2) is 0 Å². The largest absolute Gasteiger partial charge is 0.281 e. The quantitative estimate of drug-likeness (QED) is 0.274. The lowest BCUT2D eigenvalue weighted by molar-refractivity contribution is -0.115. The molecular weight excluding hydrogens is 492 g/mol. The zero-order valence-corrected chi connectivity index (χ0v) is 23.4. The van der Waals surface area contributed by atoms with E-state index in [0.717, 1.165) is 22.8 Å². The fourth-order valence-electron chi connectivity index (χ4n) is 4.14. The van der Waals surface area contributed by atoms with E-state index < -0.39 is 0 Å². The van der Waals surface area contributed by atoms with Gasteiger partial charge < -0.3 is 0 Å². The summed E-state index contributed by atoms with van der Waals surface area (Å²) in [6, 6.07) is 28.7. The van der Waals surface area contributed by atoms with Crippen molar-refractivity contribution in [2.45, 2.75) is 27.2 Å². The molecule has 1 aliphatic rings. The minimum absolute atomic E-state index is 0.137. The second-order valence-corrected chi connectivity index (χ2v) is 8.64. The Morgan fingerprint density at radius 2 is 1.25 bits per heavy atom. The first-order valence-corrected chi connectivity index (χ1v) is 13.5. The van der Waals surface area contributed by atoms with E-state index in [9.17, 15) is 9.59 Å². The number of para-hydroxylation sites is 3. The Hall–Kier alpha value is -4.96. The van der Waals surface area contributed by atoms with Crippen molar-refractivity contribution < 1.29 is 9.59 Å². The van der Waals surface area contributed by atoms with E-state index in [2.05, 4.69) is 6.58 Å². The fourth-order valence-corrected chi connectivity index (χ4v) is 4.14. The SMILES string of the molecule is C=C/C=C\C=C(/C)N(C(=O)C1=CC=C(C(=O)N(c2ccccc2)c2ccccc2)CC=C1)c1ccccc1.CC. The molecule has 4 nitrogen and oxygen atoms in total. The van der Waals surface area contributed by atoms with Crippen molar-refractivity contribution in [3.8, 4) is 0 Å². The normalized spacial score (nSPS) is 12.8. The van der Waals surface area contributed by atoms with Crippen LogP contribution in [-0.4, -0.2) is 11.8 Å². The smallest absolute Gasteiger partial charge is 0.262 e. The van der Waals surface area contributed by atoms with Gasteiger partial charge in [0.2, 0.25) is 0 Å². The van der Waals surface area contributed by atoms with Crippen molar-refractivity contribution in [3.05, 3.63) is 163 Å². The Morgan fingerprint density at radius 1 is 0.725 bits per heavy atom. The van der Waals surface area contributed by atoms with Crippen LogP contribution in [0, 0.1) is 0 Å². The Bertz CT molecular complexity index is 1390. The molecule has 2 amide bonds. The first-order valence-electron chi connectivity index (χ1n) is 13.5. The molecule has 3 aromatic carbocycles. The standard InChI is InChI=1S/C34H30N2O2.C2H6/c1-3-4-8-16-27(2)35(30-19-9-5-10-20-30)33(37)28-17-15-18-29(26-25-28)34(38)36(31-21-11-6-12-22-31)32-23-13-7-14-24-32;1-2/h3-17,19-26H,1,18H2,2H3;1-2H3/b8-4-,27-16+;. The van der Waals surface area contributed by atoms with Crippen molar-refractivity contribution in [1.82, 2.24) is 0 Å². The summed E-state index contributed by atoms with van der Waals surface area (Å²) in [6.45, 7) is 9.59. The van der Waals surface area contributed by atoms with Gasteiger partial charge in [-0.1, -0.05) is 111 Å². The molecule has 0 saturated heterocycles. The average Bonchev–Trinajstić information content (AvgIpc) is 3.27. The van der Waals surface area contributed by atoms with Crippen molar-refractivity contribution in [2.75, 3.05) is 9.80 Å². The molecule has 4 rings (SSSR count). The number of nitrogens with zero attached hydrogens (tertiary/aromatic N) is 2. The molecule has 1 aliphatic carbocycles. The van der Waals surface area contributed by atoms with Gasteiger partial charge in [-0.15, -0.1) is 0 Å². The third-order valence-electron chi connectivity index (χ3n) is 6.01. The summed E-state index contributed by atoms with van der Waals surface area (Å²) in [5.74, 6) is -0.316. The zero-order chi connectivity index (χ0) is 28.7. The van der Waals surface area contributed by atoms with E-state index >= 15 is 0 Å². The predicted molar refractivity (Wildman–Crippen MR) is 168 cm³/mol. The second-order valence-electron chi connectivity index (χ2n) is 8.64. The van der Waals surface area contributed by atoms with E-state index in [0.29, 0.717) is 17.6 Å². The summed E-state index contributed by atoms with van der Waals surface area (Å²) >= 11 is 0. The van der Waals surface area contributed by atoms with Gasteiger partial charge in [0.25, 0.3) is 11.8 Å². The van der Waals surface area contributed by atoms with Crippen LogP contribution in [0.3, 0.4) is 0 Å². The molecule has 4 heteroatoms. The predicted octanol–water partition coefficient (Wildman–Crippen LogP) is 8.87. The number of allylic oxidation sites excluding steroid dienone is 8. The lowest BCUT2D eigenvalue weighted by Gasteiger charge is -2.24. The van der Waals surface area contributed by atoms with Gasteiger partial charge in [0.05, 0.1) is 0 Å². The maximum atomic E-state index is 13.8. The molecule has 3 aromatic rings. The van der Waals surface area contributed by atoms with Gasteiger partial charge in [-0.05, 0) is 61.9 Å². The van der Waals surface area contributed by atoms with Gasteiger partial charge in [-0.2, -0.15) is 0 Å². The van der Waals surface area contributed by atoms with Crippen molar-refractivity contribution >= 4 is 28.9 Å². The molecule has 0 aromatic heterocycles. The Labute approximate surface area is 238 Å². The molecular formula is C36H36N2O2. The van der Waals surface area contributed by atoms with E-state index in [1.807, 2.05) is 136 Å². The molecule has 0 spiro atoms. The van der Waals surface area contributed by atoms with Crippen molar-refractivity contribution in [3.63, 3.8) is 0 Å². The molecule has 0 N–H and O–H groups in total. The summed E-state index contributed by atoms with van der Waals surface area (Å²) in [5.41, 5.74) is 4.16. The van der Waals surface area contributed by atoms with Crippen molar-refractivity contribution in [1.29, 1.82) is 0 Å². The van der Waals surface area contributed by atoms with Crippen molar-refractivity contribution in [2.24, 2.45) is 0 Å². The Balaban J connectivity index is 0.00000216. The van der Waals surface area contributed by atoms with Crippen LogP contribution in [-0.2, 0) is 9.59 Å². The maximum absolute atomic E-state index is 13.8. The fraction of sp³-hybridized carbons (Fsp3) is 0.111. The highest BCUT2D eigenvalue weighted by Gasteiger charge is 2.24. The molecule has 0 unspecified atom stereocenters. The molecule has 0 saturated carbocycles. The highest BCUT2D eigenvalue weighted by atomic mass is 16.2. The van der Waals surface area contributed by atoms with Gasteiger partial charge in [0, 0.05) is 33.9 Å². The van der Waals surface area contributed by atoms with Gasteiger partial charge in [-0.3, -0.25) is 19.4 Å². The topological polar surface area (TPSA) is 40.6 Å². The Morgan fingerprint density at radius 3 is 1.77 bits per heavy atom. The number of carbonyl (C=O) groups excluding carboxylic acids is 2. The third-order valence-corrected chi connectivity index (χ3v) is 6.01. The monoisotopic (exact) mass is 528 g/mol. The molecule has 0 heterocycles. The van der Waals surface area contributed by atoms with Gasteiger partial charge >= 0.3 is 0 Å². The number of amides is 2. The van der Waals surface area contributed by atoms with Crippen LogP contribution >= 0.6 is 0 Å². The second kappa shape index (κ2) is 15.5. The molecule has 0 fully saturated rings. The lowest BCUT2D eigenvalue weighted by Crippen LogP contribution is -2.30. The number of benzene rings is 3. The maximum Gasteiger partial charge on any atom is 0.262 e. The summed E-state index contributed by atoms with van der Waals surface area (Å²) in [7, 11) is 0. The van der Waals surface area contributed by atoms with E-state index in [-0.39, 0.29) is 11.8 Å². The zero-order valence-electron chi connectivity index (χ0n) is 23.4. The highest BCUT2D eigenvalue weighted by molar-refractivity contribution is 6.12. The molecule has 40 heavy (non-hydrogen) atoms. The van der Waals surface area contributed by atoms with E-state index in [1.54, 1.807) is 34.1 Å². The van der Waals surface area contributed by atoms with Crippen LogP contribution in [0.25, 0.3) is 0 Å². The molecule has 0 aliphatic heterocycles. The summed E-state index contributed by atoms with van der Waals surface area (Å²) in [5, 5.41) is 0. The summed E-state index contributed by atoms with van der Waals surface area (Å²) < 4.78 is 0. The lowest BCUT2D eigenvalue weighted by atomic mass is 10.1. The number of carbonyl (C=O) groups is 2. The molecule has 0 atom stereocenters. The number of hydrogen-bond acceptors (Lipinski definition) is 2. The van der Waals surface area contributed by atoms with E-state index in [4.69, 9.17) is 0 Å². The van der Waals surface area contributed by atoms with Crippen LogP contribution in [0.1, 0.15) is 27.2 Å². The van der Waals surface area contributed by atoms with Crippen LogP contribution in [0.5, 0.6) is 0 Å². The van der Waals surface area contributed by atoms with E-state index in [1.165, 1.54) is 0 Å². The minimum atomic E-state index is -0.180. The van der Waals surface area contributed by atoms with Crippen LogP contribution in [0.15, 0.2) is 163 Å². The van der Waals surface area contributed by atoms with Crippen LogP contribution in [0.2, 0.25) is 0 Å². The van der Waals surface area contributed by atoms with Gasteiger partial charge in [0.1, 0.15) is 0 Å². The molecule has 202 valence electrons. The van der Waals surface area contributed by atoms with Gasteiger partial charge in [-0.25, -0.2) is 0 Å². The van der Waals surface area contributed by atoms with Crippen LogP contribution in [0.4, 0.5) is 17.1 Å². The van der Waals surface area contributed by atoms with Crippen LogP contribution < -0.4 is 9.80 Å². The highest BCUT2D eigenvalue weighted by Crippen LogP contribution is 2.29. The summed E-state index contributed by atoms with van der Waals surface area (Å²) in [4.78, 5) is 31.0. The Kier molecular flexibility index (Phi) is 11.4. The average molecular weight is 529 g/mol. The first kappa shape index (κ1) is 29.6. The number of hydrogen-bond donors (Lipinski definition) is 0.